The van der Waals surface area contributed by atoms with Crippen LogP contribution in [0.1, 0.15) is 111 Å². The Bertz CT molecular complexity index is 830. The molecule has 0 radical (unpaired) electrons. The minimum atomic E-state index is -0.829. The Morgan fingerprint density at radius 2 is 1.57 bits per heavy atom. The van der Waals surface area contributed by atoms with Crippen molar-refractivity contribution in [2.24, 2.45) is 23.7 Å². The van der Waals surface area contributed by atoms with Gasteiger partial charge in [-0.1, -0.05) is 103 Å². The fourth-order valence-electron chi connectivity index (χ4n) is 6.42. The number of benzene rings is 1. The first-order valence-corrected chi connectivity index (χ1v) is 16.8. The number of hydrogen-bond acceptors (Lipinski definition) is 6. The van der Waals surface area contributed by atoms with Gasteiger partial charge in [-0.3, -0.25) is 0 Å². The molecule has 7 nitrogen and oxygen atoms in total. The zero-order chi connectivity index (χ0) is 30.9. The Balaban J connectivity index is 2.13. The van der Waals surface area contributed by atoms with Crippen LogP contribution in [0.4, 0.5) is 4.79 Å². The molecule has 6 atom stereocenters. The molecular weight excluding hydrogens is 528 g/mol. The maximum atomic E-state index is 12.6. The van der Waals surface area contributed by atoms with Crippen LogP contribution in [0.15, 0.2) is 30.3 Å². The van der Waals surface area contributed by atoms with Gasteiger partial charge in [0.05, 0.1) is 31.0 Å². The lowest BCUT2D eigenvalue weighted by Gasteiger charge is -2.35. The van der Waals surface area contributed by atoms with E-state index in [1.54, 1.807) is 0 Å². The number of ether oxygens (including phenoxy) is 1. The first-order chi connectivity index (χ1) is 20.1. The van der Waals surface area contributed by atoms with E-state index in [0.717, 1.165) is 31.2 Å². The second-order valence-corrected chi connectivity index (χ2v) is 13.7. The Hall–Kier alpha value is -1.67. The molecule has 1 saturated carbocycles. The monoisotopic (exact) mass is 590 g/mol. The predicted octanol–water partition coefficient (Wildman–Crippen LogP) is 6.23. The Morgan fingerprint density at radius 1 is 0.905 bits per heavy atom. The SMILES string of the molecule is CCCCOC(=O)N[C@@H](Cc1ccccc1)[C@H](O)C[C@H](CN[C@@H](CC1CCCCC1)[C@@H](O)[C@@H](O)CC(C)C)CC(C)C. The van der Waals surface area contributed by atoms with Crippen molar-refractivity contribution in [1.82, 2.24) is 10.6 Å². The van der Waals surface area contributed by atoms with Crippen LogP contribution in [-0.4, -0.2) is 65.0 Å². The minimum absolute atomic E-state index is 0.138. The van der Waals surface area contributed by atoms with Gasteiger partial charge >= 0.3 is 6.09 Å². The van der Waals surface area contributed by atoms with Crippen LogP contribution >= 0.6 is 0 Å². The number of carbonyl (C=O) groups excluding carboxylic acids is 1. The van der Waals surface area contributed by atoms with Gasteiger partial charge in [-0.15, -0.1) is 0 Å². The molecule has 5 N–H and O–H groups in total. The number of nitrogens with one attached hydrogen (secondary N) is 2. The first kappa shape index (κ1) is 36.5. The fraction of sp³-hybridized carbons (Fsp3) is 0.800. The molecular formula is C35H62N2O5. The quantitative estimate of drug-likeness (QED) is 0.115. The van der Waals surface area contributed by atoms with Gasteiger partial charge in [0.15, 0.2) is 0 Å². The maximum Gasteiger partial charge on any atom is 0.407 e. The van der Waals surface area contributed by atoms with Crippen LogP contribution < -0.4 is 10.6 Å². The summed E-state index contributed by atoms with van der Waals surface area (Å²) in [5.74, 6) is 1.43. The molecule has 0 aromatic heterocycles. The van der Waals surface area contributed by atoms with E-state index in [1.807, 2.05) is 30.3 Å². The summed E-state index contributed by atoms with van der Waals surface area (Å²) >= 11 is 0. The molecule has 0 unspecified atom stereocenters. The summed E-state index contributed by atoms with van der Waals surface area (Å²) in [7, 11) is 0. The third-order valence-electron chi connectivity index (χ3n) is 8.68. The van der Waals surface area contributed by atoms with Crippen molar-refractivity contribution in [3.8, 4) is 0 Å². The van der Waals surface area contributed by atoms with E-state index in [9.17, 15) is 20.1 Å². The summed E-state index contributed by atoms with van der Waals surface area (Å²) in [5, 5.41) is 40.2. The van der Waals surface area contributed by atoms with Crippen LogP contribution in [-0.2, 0) is 11.2 Å². The van der Waals surface area contributed by atoms with E-state index in [1.165, 1.54) is 32.1 Å². The van der Waals surface area contributed by atoms with E-state index >= 15 is 0 Å². The molecule has 0 heterocycles. The molecule has 1 aliphatic carbocycles. The number of unbranched alkanes of at least 4 members (excludes halogenated alkanes) is 1. The van der Waals surface area contributed by atoms with E-state index in [-0.39, 0.29) is 12.0 Å². The first-order valence-electron chi connectivity index (χ1n) is 16.8. The summed E-state index contributed by atoms with van der Waals surface area (Å²) in [6.45, 7) is 11.6. The topological polar surface area (TPSA) is 111 Å². The number of amides is 1. The summed E-state index contributed by atoms with van der Waals surface area (Å²) in [4.78, 5) is 12.6. The van der Waals surface area contributed by atoms with Gasteiger partial charge in [-0.2, -0.15) is 0 Å². The number of carbonyl (C=O) groups is 1. The van der Waals surface area contributed by atoms with Crippen molar-refractivity contribution >= 4 is 6.09 Å². The van der Waals surface area contributed by atoms with Gasteiger partial charge in [0, 0.05) is 6.04 Å². The summed E-state index contributed by atoms with van der Waals surface area (Å²) in [5.41, 5.74) is 1.05. The van der Waals surface area contributed by atoms with Gasteiger partial charge in [-0.05, 0) is 74.3 Å². The molecule has 0 saturated heterocycles. The smallest absolute Gasteiger partial charge is 0.407 e. The molecule has 242 valence electrons. The number of hydrogen-bond donors (Lipinski definition) is 5. The molecule has 1 fully saturated rings. The molecule has 2 rings (SSSR count). The van der Waals surface area contributed by atoms with Gasteiger partial charge in [-0.25, -0.2) is 4.79 Å². The fourth-order valence-corrected chi connectivity index (χ4v) is 6.42. The van der Waals surface area contributed by atoms with Crippen molar-refractivity contribution in [3.05, 3.63) is 35.9 Å². The third kappa shape index (κ3) is 14.7. The second-order valence-electron chi connectivity index (χ2n) is 13.7. The Morgan fingerprint density at radius 3 is 2.19 bits per heavy atom. The van der Waals surface area contributed by atoms with E-state index < -0.39 is 30.4 Å². The third-order valence-corrected chi connectivity index (χ3v) is 8.68. The zero-order valence-corrected chi connectivity index (χ0v) is 27.1. The molecule has 42 heavy (non-hydrogen) atoms. The number of rotatable bonds is 20. The summed E-state index contributed by atoms with van der Waals surface area (Å²) in [6, 6.07) is 9.24. The number of aliphatic hydroxyl groups excluding tert-OH is 3. The second kappa shape index (κ2) is 20.3. The van der Waals surface area contributed by atoms with Crippen molar-refractivity contribution in [2.45, 2.75) is 142 Å². The average molecular weight is 591 g/mol. The van der Waals surface area contributed by atoms with Gasteiger partial charge in [0.1, 0.15) is 0 Å². The molecule has 0 spiro atoms. The molecule has 1 aliphatic rings. The highest BCUT2D eigenvalue weighted by Gasteiger charge is 2.31. The molecule has 1 aromatic carbocycles. The Kier molecular flexibility index (Phi) is 17.7. The highest BCUT2D eigenvalue weighted by Crippen LogP contribution is 2.29. The molecule has 1 aromatic rings. The standard InChI is InChI=1S/C35H62N2O5/c1-6-7-18-42-35(41)37-30(21-27-14-10-8-11-15-27)32(38)23-29(19-25(2)3)24-36-31(22-28-16-12-9-13-17-28)34(40)33(39)20-26(4)5/h8,10-11,14-15,25-26,28-34,36,38-40H,6-7,9,12-13,16-24H2,1-5H3,(H,37,41)/t29-,30+,31+,32-,33+,34-/m1/s1. The van der Waals surface area contributed by atoms with Crippen LogP contribution in [0, 0.1) is 23.7 Å². The van der Waals surface area contributed by atoms with Gasteiger partial charge in [0.2, 0.25) is 0 Å². The summed E-state index contributed by atoms with van der Waals surface area (Å²) < 4.78 is 5.37. The van der Waals surface area contributed by atoms with Crippen LogP contribution in [0.5, 0.6) is 0 Å². The van der Waals surface area contributed by atoms with Crippen LogP contribution in [0.25, 0.3) is 0 Å². The number of alkyl carbamates (subject to hydrolysis) is 1. The molecule has 1 amide bonds. The lowest BCUT2D eigenvalue weighted by molar-refractivity contribution is -0.0212. The van der Waals surface area contributed by atoms with E-state index in [0.29, 0.717) is 50.2 Å². The molecule has 0 bridgehead atoms. The normalized spacial score (nSPS) is 18.8. The summed E-state index contributed by atoms with van der Waals surface area (Å²) in [6.07, 6.45) is 8.38. The lowest BCUT2D eigenvalue weighted by atomic mass is 9.82. The van der Waals surface area contributed by atoms with Gasteiger partial charge in [0.25, 0.3) is 0 Å². The molecule has 7 heteroatoms. The van der Waals surface area contributed by atoms with Gasteiger partial charge < -0.3 is 30.7 Å². The highest BCUT2D eigenvalue weighted by molar-refractivity contribution is 5.67. The van der Waals surface area contributed by atoms with Crippen LogP contribution in [0.3, 0.4) is 0 Å². The zero-order valence-electron chi connectivity index (χ0n) is 27.1. The average Bonchev–Trinajstić information content (AvgIpc) is 2.95. The number of aliphatic hydroxyl groups is 3. The largest absolute Gasteiger partial charge is 0.450 e. The van der Waals surface area contributed by atoms with Crippen molar-refractivity contribution < 1.29 is 24.9 Å². The molecule has 0 aliphatic heterocycles. The lowest BCUT2D eigenvalue weighted by Crippen LogP contribution is -2.50. The van der Waals surface area contributed by atoms with E-state index in [2.05, 4.69) is 45.3 Å². The maximum absolute atomic E-state index is 12.6. The van der Waals surface area contributed by atoms with Crippen molar-refractivity contribution in [3.63, 3.8) is 0 Å². The van der Waals surface area contributed by atoms with Crippen molar-refractivity contribution in [1.29, 1.82) is 0 Å². The van der Waals surface area contributed by atoms with Crippen LogP contribution in [0.2, 0.25) is 0 Å². The van der Waals surface area contributed by atoms with Crippen molar-refractivity contribution in [2.75, 3.05) is 13.2 Å². The highest BCUT2D eigenvalue weighted by atomic mass is 16.5. The predicted molar refractivity (Wildman–Crippen MR) is 171 cm³/mol. The minimum Gasteiger partial charge on any atom is -0.450 e. The van der Waals surface area contributed by atoms with E-state index in [4.69, 9.17) is 4.74 Å². The Labute approximate surface area is 256 Å².